The van der Waals surface area contributed by atoms with Crippen LogP contribution < -0.4 is 9.47 Å². The quantitative estimate of drug-likeness (QED) is 0.114. The minimum Gasteiger partial charge on any atom is -0.497 e. The van der Waals surface area contributed by atoms with Gasteiger partial charge in [0.2, 0.25) is 0 Å². The SMILES string of the molecule is COc1ccc(C2OCC(CCCCO)O2)cc1.COc1ccc(C2OCC(CCCCOP(OC(C)C)N(C(C)C)C(C)C)O2)cc1. The van der Waals surface area contributed by atoms with E-state index in [9.17, 15) is 0 Å². The van der Waals surface area contributed by atoms with Crippen molar-refractivity contribution in [2.45, 2.75) is 123 Å². The molecule has 4 rings (SSSR count). The van der Waals surface area contributed by atoms with Crippen LogP contribution in [0.5, 0.6) is 11.5 Å². The van der Waals surface area contributed by atoms with Crippen molar-refractivity contribution >= 4 is 8.53 Å². The molecule has 0 aliphatic carbocycles. The van der Waals surface area contributed by atoms with Gasteiger partial charge in [0.1, 0.15) is 11.5 Å². The Hall–Kier alpha value is -1.85. The molecule has 2 heterocycles. The molecule has 11 heteroatoms. The molecular weight excluding hydrogens is 633 g/mol. The van der Waals surface area contributed by atoms with Gasteiger partial charge >= 0.3 is 0 Å². The van der Waals surface area contributed by atoms with Crippen molar-refractivity contribution in [3.63, 3.8) is 0 Å². The maximum Gasteiger partial charge on any atom is 0.259 e. The molecule has 2 aliphatic heterocycles. The van der Waals surface area contributed by atoms with Crippen molar-refractivity contribution in [3.8, 4) is 11.5 Å². The average molecular weight is 694 g/mol. The molecule has 10 nitrogen and oxygen atoms in total. The van der Waals surface area contributed by atoms with Gasteiger partial charge in [0.05, 0.1) is 52.4 Å². The first-order chi connectivity index (χ1) is 23.1. The highest BCUT2D eigenvalue weighted by Crippen LogP contribution is 2.47. The summed E-state index contributed by atoms with van der Waals surface area (Å²) in [5.74, 6) is 1.67. The molecule has 5 unspecified atom stereocenters. The highest BCUT2D eigenvalue weighted by atomic mass is 31.2. The Bertz CT molecular complexity index is 1110. The van der Waals surface area contributed by atoms with Crippen molar-refractivity contribution in [1.82, 2.24) is 4.67 Å². The molecule has 2 aromatic rings. The summed E-state index contributed by atoms with van der Waals surface area (Å²) >= 11 is 0. The Morgan fingerprint density at radius 2 is 1.17 bits per heavy atom. The van der Waals surface area contributed by atoms with Crippen molar-refractivity contribution in [1.29, 1.82) is 0 Å². The van der Waals surface area contributed by atoms with Gasteiger partial charge in [-0.3, -0.25) is 0 Å². The third-order valence-corrected chi connectivity index (χ3v) is 10.2. The molecule has 2 saturated heterocycles. The number of benzene rings is 2. The van der Waals surface area contributed by atoms with Gasteiger partial charge in [0, 0.05) is 29.8 Å². The van der Waals surface area contributed by atoms with Crippen molar-refractivity contribution in [3.05, 3.63) is 59.7 Å². The first-order valence-corrected chi connectivity index (χ1v) is 18.6. The van der Waals surface area contributed by atoms with E-state index in [-0.39, 0.29) is 37.5 Å². The molecule has 0 saturated carbocycles. The largest absolute Gasteiger partial charge is 0.497 e. The molecule has 0 spiro atoms. The molecular formula is C37H60NO9P. The number of aliphatic hydroxyl groups excluding tert-OH is 1. The molecule has 2 fully saturated rings. The predicted molar refractivity (Wildman–Crippen MR) is 189 cm³/mol. The van der Waals surface area contributed by atoms with Crippen LogP contribution >= 0.6 is 8.53 Å². The van der Waals surface area contributed by atoms with Crippen LogP contribution in [0.3, 0.4) is 0 Å². The third-order valence-electron chi connectivity index (χ3n) is 7.88. The fourth-order valence-corrected chi connectivity index (χ4v) is 7.18. The summed E-state index contributed by atoms with van der Waals surface area (Å²) in [6.07, 6.45) is 5.60. The smallest absolute Gasteiger partial charge is 0.259 e. The number of hydrogen-bond donors (Lipinski definition) is 1. The van der Waals surface area contributed by atoms with E-state index in [4.69, 9.17) is 42.6 Å². The van der Waals surface area contributed by atoms with Crippen LogP contribution in [-0.4, -0.2) is 80.8 Å². The number of ether oxygens (including phenoxy) is 6. The summed E-state index contributed by atoms with van der Waals surface area (Å²) in [5, 5.41) is 8.74. The lowest BCUT2D eigenvalue weighted by atomic mass is 10.2. The van der Waals surface area contributed by atoms with Crippen molar-refractivity contribution < 1.29 is 42.6 Å². The van der Waals surface area contributed by atoms with E-state index in [1.54, 1.807) is 14.2 Å². The van der Waals surface area contributed by atoms with Crippen LogP contribution in [0, 0.1) is 0 Å². The number of nitrogens with zero attached hydrogens (tertiary/aromatic N) is 1. The third kappa shape index (κ3) is 13.8. The van der Waals surface area contributed by atoms with E-state index in [0.29, 0.717) is 31.9 Å². The van der Waals surface area contributed by atoms with E-state index in [1.807, 2.05) is 48.5 Å². The molecule has 48 heavy (non-hydrogen) atoms. The molecule has 272 valence electrons. The number of rotatable bonds is 19. The molecule has 0 bridgehead atoms. The number of hydrogen-bond acceptors (Lipinski definition) is 10. The number of unbranched alkanes of at least 4 members (excludes halogenated alkanes) is 2. The average Bonchev–Trinajstić information content (AvgIpc) is 3.75. The van der Waals surface area contributed by atoms with Gasteiger partial charge in [-0.2, -0.15) is 0 Å². The predicted octanol–water partition coefficient (Wildman–Crippen LogP) is 8.34. The van der Waals surface area contributed by atoms with Gasteiger partial charge < -0.3 is 42.6 Å². The highest BCUT2D eigenvalue weighted by molar-refractivity contribution is 7.44. The van der Waals surface area contributed by atoms with Gasteiger partial charge in [-0.25, -0.2) is 4.67 Å². The Balaban J connectivity index is 0.000000294. The molecule has 2 aromatic carbocycles. The Labute approximate surface area is 290 Å². The van der Waals surface area contributed by atoms with Crippen LogP contribution in [0.25, 0.3) is 0 Å². The summed E-state index contributed by atoms with van der Waals surface area (Å²) in [7, 11) is 2.27. The number of methoxy groups -OCH3 is 2. The summed E-state index contributed by atoms with van der Waals surface area (Å²) in [6.45, 7) is 15.1. The highest BCUT2D eigenvalue weighted by Gasteiger charge is 2.29. The van der Waals surface area contributed by atoms with Gasteiger partial charge in [-0.05, 0) is 104 Å². The van der Waals surface area contributed by atoms with Gasteiger partial charge in [-0.15, -0.1) is 0 Å². The van der Waals surface area contributed by atoms with Crippen molar-refractivity contribution in [2.24, 2.45) is 0 Å². The minimum atomic E-state index is -1.04. The lowest BCUT2D eigenvalue weighted by molar-refractivity contribution is -0.0617. The molecule has 0 aromatic heterocycles. The minimum absolute atomic E-state index is 0.133. The van der Waals surface area contributed by atoms with Crippen molar-refractivity contribution in [2.75, 3.05) is 40.6 Å². The summed E-state index contributed by atoms with van der Waals surface area (Å²) < 4.78 is 48.3. The normalized spacial score (nSPS) is 21.6. The van der Waals surface area contributed by atoms with E-state index in [2.05, 4.69) is 46.2 Å². The Morgan fingerprint density at radius 1 is 0.708 bits per heavy atom. The zero-order chi connectivity index (χ0) is 34.9. The number of aliphatic hydroxyl groups is 1. The second kappa shape index (κ2) is 22.1. The molecule has 0 amide bonds. The van der Waals surface area contributed by atoms with Gasteiger partial charge in [-0.1, -0.05) is 24.3 Å². The maximum atomic E-state index is 8.74. The van der Waals surface area contributed by atoms with Gasteiger partial charge in [0.25, 0.3) is 8.53 Å². The van der Waals surface area contributed by atoms with Crippen LogP contribution in [-0.2, 0) is 28.0 Å². The summed E-state index contributed by atoms with van der Waals surface area (Å²) in [6, 6.07) is 16.3. The molecule has 2 aliphatic rings. The molecule has 0 radical (unpaired) electrons. The van der Waals surface area contributed by atoms with Gasteiger partial charge in [0.15, 0.2) is 12.6 Å². The molecule has 5 atom stereocenters. The van der Waals surface area contributed by atoms with E-state index in [0.717, 1.165) is 61.2 Å². The summed E-state index contributed by atoms with van der Waals surface area (Å²) in [5.41, 5.74) is 2.04. The summed E-state index contributed by atoms with van der Waals surface area (Å²) in [4.78, 5) is 0. The molecule has 1 N–H and O–H groups in total. The monoisotopic (exact) mass is 693 g/mol. The second-order valence-corrected chi connectivity index (χ2v) is 14.3. The van der Waals surface area contributed by atoms with Crippen LogP contribution in [0.4, 0.5) is 0 Å². The first kappa shape index (κ1) is 40.6. The van der Waals surface area contributed by atoms with Crippen LogP contribution in [0.15, 0.2) is 48.5 Å². The topological polar surface area (TPSA) is 97.3 Å². The van der Waals surface area contributed by atoms with E-state index in [1.165, 1.54) is 0 Å². The first-order valence-electron chi connectivity index (χ1n) is 17.5. The van der Waals surface area contributed by atoms with E-state index < -0.39 is 8.53 Å². The second-order valence-electron chi connectivity index (χ2n) is 12.9. The zero-order valence-corrected chi connectivity index (χ0v) is 31.2. The zero-order valence-electron chi connectivity index (χ0n) is 30.3. The fourth-order valence-electron chi connectivity index (χ4n) is 5.48. The Morgan fingerprint density at radius 3 is 1.56 bits per heavy atom. The lowest BCUT2D eigenvalue weighted by Crippen LogP contribution is -2.34. The van der Waals surface area contributed by atoms with Crippen LogP contribution in [0.2, 0.25) is 0 Å². The standard InChI is InChI=1S/C23H40NO5P.C14H20O4/c1-17(2)24(18(3)4)30(29-19(5)6)27-15-9-8-10-22-16-26-23(28-22)20-11-13-21(25-7)14-12-20;1-16-12-7-5-11(6-8-12)14-17-10-13(18-14)4-2-3-9-15/h11-14,17-19,22-23H,8-10,15-16H2,1-7H3;5-8,13-15H,2-4,9-10H2,1H3. The van der Waals surface area contributed by atoms with Crippen LogP contribution in [0.1, 0.15) is 104 Å². The Kier molecular flexibility index (Phi) is 18.7. The maximum absolute atomic E-state index is 8.74. The van der Waals surface area contributed by atoms with E-state index >= 15 is 0 Å². The lowest BCUT2D eigenvalue weighted by Gasteiger charge is -2.36. The fraction of sp³-hybridized carbons (Fsp3) is 0.676.